The van der Waals surface area contributed by atoms with Crippen molar-refractivity contribution in [1.82, 2.24) is 15.6 Å². The van der Waals surface area contributed by atoms with E-state index < -0.39 is 0 Å². The Morgan fingerprint density at radius 2 is 2.27 bits per heavy atom. The molecule has 1 saturated heterocycles. The zero-order chi connectivity index (χ0) is 18.0. The monoisotopic (exact) mass is 392 g/mol. The summed E-state index contributed by atoms with van der Waals surface area (Å²) in [6, 6.07) is 2.07. The molecule has 4 heterocycles. The maximum absolute atomic E-state index is 12.6. The summed E-state index contributed by atoms with van der Waals surface area (Å²) in [6.07, 6.45) is 4.56. The molecule has 2 aromatic rings. The standard InChI is InChI=1S/C18H24N4O2S2/c19-17-22-13(11-25-17)2-1-6-21-16(23)14-10-12-3-9-24-18(15(12)26-14)4-7-20-8-5-18/h10-11,20H,1-9H2,(H2,19,22)(H,21,23). The summed E-state index contributed by atoms with van der Waals surface area (Å²) in [7, 11) is 0. The largest absolute Gasteiger partial charge is 0.375 e. The molecule has 2 aliphatic heterocycles. The van der Waals surface area contributed by atoms with E-state index in [-0.39, 0.29) is 11.5 Å². The number of ether oxygens (including phenoxy) is 1. The van der Waals surface area contributed by atoms with E-state index in [2.05, 4.69) is 21.7 Å². The van der Waals surface area contributed by atoms with Crippen molar-refractivity contribution in [2.75, 3.05) is 32.0 Å². The van der Waals surface area contributed by atoms with Crippen molar-refractivity contribution in [2.24, 2.45) is 0 Å². The molecule has 140 valence electrons. The Morgan fingerprint density at radius 1 is 1.42 bits per heavy atom. The van der Waals surface area contributed by atoms with Crippen LogP contribution in [0.25, 0.3) is 0 Å². The number of thiazole rings is 1. The molecule has 0 unspecified atom stereocenters. The van der Waals surface area contributed by atoms with Crippen molar-refractivity contribution in [3.63, 3.8) is 0 Å². The first-order chi connectivity index (χ1) is 12.7. The number of piperidine rings is 1. The van der Waals surface area contributed by atoms with Gasteiger partial charge in [-0.3, -0.25) is 4.79 Å². The lowest BCUT2D eigenvalue weighted by Gasteiger charge is -2.40. The van der Waals surface area contributed by atoms with Crippen LogP contribution in [0.5, 0.6) is 0 Å². The number of aromatic nitrogens is 1. The van der Waals surface area contributed by atoms with Gasteiger partial charge >= 0.3 is 0 Å². The zero-order valence-electron chi connectivity index (χ0n) is 14.7. The van der Waals surface area contributed by atoms with Gasteiger partial charge in [0.1, 0.15) is 5.60 Å². The van der Waals surface area contributed by atoms with Gasteiger partial charge in [-0.25, -0.2) is 4.98 Å². The number of nitrogens with two attached hydrogens (primary N) is 1. The normalized spacial score (nSPS) is 18.6. The van der Waals surface area contributed by atoms with Crippen LogP contribution in [0.3, 0.4) is 0 Å². The van der Waals surface area contributed by atoms with Crippen LogP contribution in [0.2, 0.25) is 0 Å². The first kappa shape index (κ1) is 17.9. The molecule has 1 fully saturated rings. The number of rotatable bonds is 5. The van der Waals surface area contributed by atoms with E-state index in [4.69, 9.17) is 10.5 Å². The molecule has 0 saturated carbocycles. The van der Waals surface area contributed by atoms with Crippen molar-refractivity contribution in [3.05, 3.63) is 32.5 Å². The molecule has 2 aliphatic rings. The molecule has 4 rings (SSSR count). The molecule has 0 aromatic carbocycles. The maximum atomic E-state index is 12.6. The molecule has 4 N–H and O–H groups in total. The van der Waals surface area contributed by atoms with Gasteiger partial charge in [-0.15, -0.1) is 22.7 Å². The lowest BCUT2D eigenvalue weighted by molar-refractivity contribution is -0.0771. The number of fused-ring (bicyclic) bond motifs is 2. The van der Waals surface area contributed by atoms with Crippen LogP contribution in [0.1, 0.15) is 45.1 Å². The Labute approximate surface area is 161 Å². The highest BCUT2D eigenvalue weighted by molar-refractivity contribution is 7.14. The Bertz CT molecular complexity index is 780. The topological polar surface area (TPSA) is 89.3 Å². The van der Waals surface area contributed by atoms with Crippen molar-refractivity contribution in [3.8, 4) is 0 Å². The van der Waals surface area contributed by atoms with Gasteiger partial charge in [-0.2, -0.15) is 0 Å². The molecule has 6 nitrogen and oxygen atoms in total. The van der Waals surface area contributed by atoms with Crippen LogP contribution in [0.15, 0.2) is 11.4 Å². The fraction of sp³-hybridized carbons (Fsp3) is 0.556. The van der Waals surface area contributed by atoms with E-state index in [1.54, 1.807) is 11.3 Å². The second-order valence-electron chi connectivity index (χ2n) is 6.84. The number of amides is 1. The van der Waals surface area contributed by atoms with Gasteiger partial charge in [0.25, 0.3) is 5.91 Å². The Balaban J connectivity index is 1.36. The molecule has 0 aliphatic carbocycles. The molecule has 1 amide bonds. The average molecular weight is 393 g/mol. The first-order valence-electron chi connectivity index (χ1n) is 9.12. The molecule has 8 heteroatoms. The minimum Gasteiger partial charge on any atom is -0.375 e. The summed E-state index contributed by atoms with van der Waals surface area (Å²) >= 11 is 3.07. The van der Waals surface area contributed by atoms with Crippen LogP contribution in [-0.4, -0.2) is 37.1 Å². The summed E-state index contributed by atoms with van der Waals surface area (Å²) in [5.74, 6) is 0.0197. The molecule has 26 heavy (non-hydrogen) atoms. The van der Waals surface area contributed by atoms with Crippen molar-refractivity contribution in [2.45, 2.75) is 37.7 Å². The predicted molar refractivity (Wildman–Crippen MR) is 105 cm³/mol. The molecule has 0 atom stereocenters. The highest BCUT2D eigenvalue weighted by Gasteiger charge is 2.41. The molecule has 0 radical (unpaired) electrons. The highest BCUT2D eigenvalue weighted by Crippen LogP contribution is 2.44. The number of aryl methyl sites for hydroxylation is 1. The zero-order valence-corrected chi connectivity index (χ0v) is 16.3. The summed E-state index contributed by atoms with van der Waals surface area (Å²) in [5, 5.41) is 9.01. The van der Waals surface area contributed by atoms with E-state index >= 15 is 0 Å². The number of hydrogen-bond donors (Lipinski definition) is 3. The SMILES string of the molecule is Nc1nc(CCCNC(=O)c2cc3c(s2)C2(CCNCC2)OCC3)cs1. The molecular weight excluding hydrogens is 368 g/mol. The summed E-state index contributed by atoms with van der Waals surface area (Å²) in [4.78, 5) is 18.9. The van der Waals surface area contributed by atoms with Crippen LogP contribution < -0.4 is 16.4 Å². The van der Waals surface area contributed by atoms with Crippen molar-refractivity contribution in [1.29, 1.82) is 0 Å². The average Bonchev–Trinajstić information content (AvgIpc) is 3.27. The van der Waals surface area contributed by atoms with Gasteiger partial charge in [0.15, 0.2) is 5.13 Å². The van der Waals surface area contributed by atoms with Gasteiger partial charge in [-0.05, 0) is 56.8 Å². The second-order valence-corrected chi connectivity index (χ2v) is 8.79. The van der Waals surface area contributed by atoms with Crippen LogP contribution >= 0.6 is 22.7 Å². The molecule has 1 spiro atoms. The number of anilines is 1. The molecule has 0 bridgehead atoms. The lowest BCUT2D eigenvalue weighted by atomic mass is 9.86. The van der Waals surface area contributed by atoms with Gasteiger partial charge in [-0.1, -0.05) is 0 Å². The highest BCUT2D eigenvalue weighted by atomic mass is 32.1. The Kier molecular flexibility index (Phi) is 5.26. The first-order valence-corrected chi connectivity index (χ1v) is 10.8. The fourth-order valence-corrected chi connectivity index (χ4v) is 5.66. The van der Waals surface area contributed by atoms with Crippen molar-refractivity contribution < 1.29 is 9.53 Å². The number of nitrogen functional groups attached to an aromatic ring is 1. The number of carbonyl (C=O) groups is 1. The third-order valence-corrected chi connectivity index (χ3v) is 7.16. The van der Waals surface area contributed by atoms with Crippen molar-refractivity contribution >= 4 is 33.7 Å². The minimum atomic E-state index is -0.174. The van der Waals surface area contributed by atoms with E-state index in [1.165, 1.54) is 21.8 Å². The summed E-state index contributed by atoms with van der Waals surface area (Å²) in [5.41, 5.74) is 7.76. The summed E-state index contributed by atoms with van der Waals surface area (Å²) in [6.45, 7) is 3.34. The molecular formula is C18H24N4O2S2. The molecule has 2 aromatic heterocycles. The smallest absolute Gasteiger partial charge is 0.261 e. The van der Waals surface area contributed by atoms with Gasteiger partial charge in [0, 0.05) is 16.8 Å². The number of carbonyl (C=O) groups excluding carboxylic acids is 1. The maximum Gasteiger partial charge on any atom is 0.261 e. The van der Waals surface area contributed by atoms with Crippen LogP contribution in [0, 0.1) is 0 Å². The summed E-state index contributed by atoms with van der Waals surface area (Å²) < 4.78 is 6.20. The third kappa shape index (κ3) is 3.64. The lowest BCUT2D eigenvalue weighted by Crippen LogP contribution is -2.43. The Morgan fingerprint density at radius 3 is 3.04 bits per heavy atom. The van der Waals surface area contributed by atoms with E-state index in [0.29, 0.717) is 11.7 Å². The van der Waals surface area contributed by atoms with Crippen LogP contribution in [0.4, 0.5) is 5.13 Å². The second kappa shape index (κ2) is 7.64. The minimum absolute atomic E-state index is 0.0197. The predicted octanol–water partition coefficient (Wildman–Crippen LogP) is 2.30. The number of hydrogen-bond acceptors (Lipinski definition) is 7. The van der Waals surface area contributed by atoms with Gasteiger partial charge < -0.3 is 21.1 Å². The number of nitrogens with one attached hydrogen (secondary N) is 2. The van der Waals surface area contributed by atoms with Crippen LogP contribution in [-0.2, 0) is 23.2 Å². The third-order valence-electron chi connectivity index (χ3n) is 5.07. The van der Waals surface area contributed by atoms with E-state index in [9.17, 15) is 4.79 Å². The quantitative estimate of drug-likeness (QED) is 0.680. The van der Waals surface area contributed by atoms with E-state index in [0.717, 1.165) is 62.4 Å². The van der Waals surface area contributed by atoms with Gasteiger partial charge in [0.2, 0.25) is 0 Å². The number of thiophene rings is 1. The van der Waals surface area contributed by atoms with Gasteiger partial charge in [0.05, 0.1) is 17.2 Å². The van der Waals surface area contributed by atoms with E-state index in [1.807, 2.05) is 5.38 Å². The Hall–Kier alpha value is -1.48. The number of nitrogens with zero attached hydrogens (tertiary/aromatic N) is 1. The fourth-order valence-electron chi connectivity index (χ4n) is 3.73.